The van der Waals surface area contributed by atoms with Gasteiger partial charge in [-0.3, -0.25) is 0 Å². The average molecular weight is 211 g/mol. The van der Waals surface area contributed by atoms with Crippen molar-refractivity contribution in [3.8, 4) is 0 Å². The molecule has 14 heavy (non-hydrogen) atoms. The minimum Gasteiger partial charge on any atom is -0.367 e. The third kappa shape index (κ3) is 2.00. The van der Waals surface area contributed by atoms with Crippen molar-refractivity contribution in [3.63, 3.8) is 0 Å². The lowest BCUT2D eigenvalue weighted by molar-refractivity contribution is -0.0384. The Morgan fingerprint density at radius 1 is 1.57 bits per heavy atom. The van der Waals surface area contributed by atoms with Gasteiger partial charge in [-0.15, -0.1) is 11.3 Å². The van der Waals surface area contributed by atoms with Crippen LogP contribution < -0.4 is 5.32 Å². The minimum atomic E-state index is 0.272. The van der Waals surface area contributed by atoms with Crippen LogP contribution in [-0.4, -0.2) is 19.2 Å². The van der Waals surface area contributed by atoms with Gasteiger partial charge in [-0.1, -0.05) is 6.92 Å². The van der Waals surface area contributed by atoms with E-state index in [0.717, 1.165) is 19.5 Å². The van der Waals surface area contributed by atoms with Crippen LogP contribution in [-0.2, 0) is 4.74 Å². The van der Waals surface area contributed by atoms with E-state index in [0.29, 0.717) is 6.10 Å². The Hall–Kier alpha value is -0.380. The molecular weight excluding hydrogens is 194 g/mol. The first-order valence-electron chi connectivity index (χ1n) is 5.21. The molecule has 2 nitrogen and oxygen atoms in total. The summed E-state index contributed by atoms with van der Waals surface area (Å²) in [4.78, 5) is 1.38. The third-order valence-corrected chi connectivity index (χ3v) is 3.82. The first-order valence-corrected chi connectivity index (χ1v) is 6.09. The topological polar surface area (TPSA) is 21.3 Å². The number of hydrogen-bond acceptors (Lipinski definition) is 3. The maximum absolute atomic E-state index is 6.01. The van der Waals surface area contributed by atoms with Crippen molar-refractivity contribution >= 4 is 11.3 Å². The zero-order valence-corrected chi connectivity index (χ0v) is 9.56. The van der Waals surface area contributed by atoms with E-state index in [1.807, 2.05) is 0 Å². The van der Waals surface area contributed by atoms with Crippen LogP contribution in [0.15, 0.2) is 11.4 Å². The summed E-state index contributed by atoms with van der Waals surface area (Å²) in [6.45, 7) is 6.29. The second kappa shape index (κ2) is 4.43. The maximum atomic E-state index is 6.01. The van der Waals surface area contributed by atoms with Gasteiger partial charge in [-0.2, -0.15) is 0 Å². The number of aryl methyl sites for hydroxylation is 1. The van der Waals surface area contributed by atoms with Crippen LogP contribution in [0.2, 0.25) is 0 Å². The summed E-state index contributed by atoms with van der Waals surface area (Å²) in [5.41, 5.74) is 1.36. The summed E-state index contributed by atoms with van der Waals surface area (Å²) in [5.74, 6) is 0. The van der Waals surface area contributed by atoms with Gasteiger partial charge in [-0.25, -0.2) is 0 Å². The summed E-state index contributed by atoms with van der Waals surface area (Å²) in [6.07, 6.45) is 1.75. The van der Waals surface area contributed by atoms with E-state index in [2.05, 4.69) is 30.6 Å². The molecule has 78 valence electrons. The van der Waals surface area contributed by atoms with Gasteiger partial charge in [-0.05, 0) is 30.4 Å². The van der Waals surface area contributed by atoms with Crippen LogP contribution in [0.3, 0.4) is 0 Å². The minimum absolute atomic E-state index is 0.272. The fourth-order valence-corrected chi connectivity index (χ4v) is 2.78. The smallest absolute Gasteiger partial charge is 0.105 e. The van der Waals surface area contributed by atoms with Crippen molar-refractivity contribution in [2.45, 2.75) is 32.5 Å². The number of nitrogens with one attached hydrogen (secondary N) is 1. The molecule has 1 aliphatic heterocycles. The Morgan fingerprint density at radius 3 is 3.07 bits per heavy atom. The molecule has 1 aromatic heterocycles. The fraction of sp³-hybridized carbons (Fsp3) is 0.636. The highest BCUT2D eigenvalue weighted by atomic mass is 32.1. The molecule has 0 bridgehead atoms. The van der Waals surface area contributed by atoms with Crippen LogP contribution in [0.4, 0.5) is 0 Å². The van der Waals surface area contributed by atoms with Crippen molar-refractivity contribution in [3.05, 3.63) is 21.9 Å². The van der Waals surface area contributed by atoms with Gasteiger partial charge in [0, 0.05) is 18.0 Å². The molecule has 2 atom stereocenters. The summed E-state index contributed by atoms with van der Waals surface area (Å²) < 4.78 is 6.01. The molecule has 1 aromatic rings. The van der Waals surface area contributed by atoms with Gasteiger partial charge in [0.15, 0.2) is 0 Å². The average Bonchev–Trinajstić information content (AvgIpc) is 2.65. The Kier molecular flexibility index (Phi) is 3.21. The van der Waals surface area contributed by atoms with Crippen molar-refractivity contribution in [2.24, 2.45) is 0 Å². The molecule has 0 aliphatic carbocycles. The second-order valence-corrected chi connectivity index (χ2v) is 4.73. The third-order valence-electron chi connectivity index (χ3n) is 2.71. The molecule has 0 amide bonds. The Balaban J connectivity index is 2.08. The summed E-state index contributed by atoms with van der Waals surface area (Å²) in [6, 6.07) is 2.17. The lowest BCUT2D eigenvalue weighted by Gasteiger charge is -2.30. The van der Waals surface area contributed by atoms with Crippen molar-refractivity contribution in [2.75, 3.05) is 13.1 Å². The molecule has 0 aromatic carbocycles. The van der Waals surface area contributed by atoms with Gasteiger partial charge in [0.1, 0.15) is 6.10 Å². The van der Waals surface area contributed by atoms with Gasteiger partial charge in [0.2, 0.25) is 0 Å². The van der Waals surface area contributed by atoms with Crippen molar-refractivity contribution in [1.29, 1.82) is 0 Å². The molecule has 0 spiro atoms. The standard InChI is InChI=1S/C11H17NOS/c1-3-9-6-12-7-10(13-9)11-8(2)4-5-14-11/h4-5,9-10,12H,3,6-7H2,1-2H3. The normalized spacial score (nSPS) is 27.9. The Labute approximate surface area is 89.3 Å². The highest BCUT2D eigenvalue weighted by molar-refractivity contribution is 7.10. The molecular formula is C11H17NOS. The zero-order valence-electron chi connectivity index (χ0n) is 8.75. The van der Waals surface area contributed by atoms with Gasteiger partial charge in [0.25, 0.3) is 0 Å². The number of ether oxygens (including phenoxy) is 1. The molecule has 3 heteroatoms. The number of rotatable bonds is 2. The summed E-state index contributed by atoms with van der Waals surface area (Å²) in [5, 5.41) is 5.58. The van der Waals surface area contributed by atoms with Crippen LogP contribution in [0.1, 0.15) is 29.9 Å². The quantitative estimate of drug-likeness (QED) is 0.811. The van der Waals surface area contributed by atoms with E-state index in [1.54, 1.807) is 11.3 Å². The monoisotopic (exact) mass is 211 g/mol. The predicted molar refractivity (Wildman–Crippen MR) is 59.8 cm³/mol. The van der Waals surface area contributed by atoms with Gasteiger partial charge in [0.05, 0.1) is 6.10 Å². The molecule has 1 fully saturated rings. The molecule has 0 saturated carbocycles. The fourth-order valence-electron chi connectivity index (χ4n) is 1.81. The van der Waals surface area contributed by atoms with Crippen LogP contribution in [0.25, 0.3) is 0 Å². The first kappa shape index (κ1) is 10.1. The molecule has 0 radical (unpaired) electrons. The largest absolute Gasteiger partial charge is 0.367 e. The van der Waals surface area contributed by atoms with Crippen LogP contribution in [0, 0.1) is 6.92 Å². The lowest BCUT2D eigenvalue weighted by Crippen LogP contribution is -2.40. The SMILES string of the molecule is CCC1CNCC(c2sccc2C)O1. The molecule has 1 N–H and O–H groups in total. The van der Waals surface area contributed by atoms with E-state index < -0.39 is 0 Å². The van der Waals surface area contributed by atoms with Crippen LogP contribution >= 0.6 is 11.3 Å². The molecule has 2 unspecified atom stereocenters. The number of morpholine rings is 1. The van der Waals surface area contributed by atoms with Crippen LogP contribution in [0.5, 0.6) is 0 Å². The molecule has 2 heterocycles. The number of thiophene rings is 1. The summed E-state index contributed by atoms with van der Waals surface area (Å²) in [7, 11) is 0. The highest BCUT2D eigenvalue weighted by Gasteiger charge is 2.23. The van der Waals surface area contributed by atoms with E-state index in [1.165, 1.54) is 10.4 Å². The van der Waals surface area contributed by atoms with Crippen molar-refractivity contribution < 1.29 is 4.74 Å². The number of hydrogen-bond donors (Lipinski definition) is 1. The van der Waals surface area contributed by atoms with Crippen molar-refractivity contribution in [1.82, 2.24) is 5.32 Å². The van der Waals surface area contributed by atoms with Gasteiger partial charge >= 0.3 is 0 Å². The Morgan fingerprint density at radius 2 is 2.43 bits per heavy atom. The molecule has 1 aliphatic rings. The Bertz CT molecular complexity index is 297. The second-order valence-electron chi connectivity index (χ2n) is 3.78. The molecule has 2 rings (SSSR count). The van der Waals surface area contributed by atoms with E-state index in [-0.39, 0.29) is 6.10 Å². The highest BCUT2D eigenvalue weighted by Crippen LogP contribution is 2.29. The zero-order chi connectivity index (χ0) is 9.97. The van der Waals surface area contributed by atoms with E-state index in [4.69, 9.17) is 4.74 Å². The lowest BCUT2D eigenvalue weighted by atomic mass is 10.1. The first-order chi connectivity index (χ1) is 6.81. The molecule has 1 saturated heterocycles. The summed E-state index contributed by atoms with van der Waals surface area (Å²) >= 11 is 1.80. The van der Waals surface area contributed by atoms with E-state index in [9.17, 15) is 0 Å². The van der Waals surface area contributed by atoms with E-state index >= 15 is 0 Å². The van der Waals surface area contributed by atoms with Gasteiger partial charge < -0.3 is 10.1 Å². The predicted octanol–water partition coefficient (Wildman–Crippen LogP) is 2.50. The maximum Gasteiger partial charge on any atom is 0.105 e.